The third kappa shape index (κ3) is 5.99. The number of hydrogen-bond donors (Lipinski definition) is 0. The van der Waals surface area contributed by atoms with E-state index in [2.05, 4.69) is 33.2 Å². The second-order valence-electron chi connectivity index (χ2n) is 7.30. The number of carbonyl (C=O) groups excluding carboxylic acids is 1. The Morgan fingerprint density at radius 3 is 2.66 bits per heavy atom. The zero-order chi connectivity index (χ0) is 23.3. The van der Waals surface area contributed by atoms with Crippen molar-refractivity contribution in [1.29, 1.82) is 0 Å². The van der Waals surface area contributed by atoms with E-state index >= 15 is 0 Å². The molecule has 1 aromatic carbocycles. The third-order valence-corrected chi connectivity index (χ3v) is 6.76. The van der Waals surface area contributed by atoms with Gasteiger partial charge in [-0.25, -0.2) is 13.4 Å². The standard InChI is InChI=1S/C21H27N5O4S2/c1-5-25(6-2)10-11-30-19(27)14-26-18(12-15(3)23-26)21-22-20(24-31-21)16-8-7-9-17(13-16)32(4,28)29/h7-9,12-13H,5-6,10-11,14H2,1-4H3. The van der Waals surface area contributed by atoms with Gasteiger partial charge in [-0.2, -0.15) is 9.47 Å². The van der Waals surface area contributed by atoms with E-state index < -0.39 is 9.84 Å². The number of aromatic nitrogens is 4. The van der Waals surface area contributed by atoms with Crippen LogP contribution in [-0.2, 0) is 25.9 Å². The molecule has 0 unspecified atom stereocenters. The van der Waals surface area contributed by atoms with Crippen LogP contribution in [0.3, 0.4) is 0 Å². The summed E-state index contributed by atoms with van der Waals surface area (Å²) in [6.45, 7) is 8.77. The topological polar surface area (TPSA) is 107 Å². The Labute approximate surface area is 192 Å². The maximum absolute atomic E-state index is 12.3. The number of ether oxygens (including phenoxy) is 1. The van der Waals surface area contributed by atoms with Crippen LogP contribution < -0.4 is 0 Å². The highest BCUT2D eigenvalue weighted by atomic mass is 32.2. The summed E-state index contributed by atoms with van der Waals surface area (Å²) in [7, 11) is -3.33. The molecule has 0 N–H and O–H groups in total. The molecule has 0 aliphatic heterocycles. The van der Waals surface area contributed by atoms with Crippen molar-refractivity contribution in [2.45, 2.75) is 32.2 Å². The van der Waals surface area contributed by atoms with Gasteiger partial charge in [-0.15, -0.1) is 0 Å². The summed E-state index contributed by atoms with van der Waals surface area (Å²) < 4.78 is 35.0. The molecule has 0 saturated carbocycles. The lowest BCUT2D eigenvalue weighted by molar-refractivity contribution is -0.144. The Kier molecular flexibility index (Phi) is 7.75. The van der Waals surface area contributed by atoms with E-state index in [1.165, 1.54) is 6.07 Å². The van der Waals surface area contributed by atoms with Crippen LogP contribution in [0.5, 0.6) is 0 Å². The average Bonchev–Trinajstić information content (AvgIpc) is 3.37. The minimum atomic E-state index is -3.33. The lowest BCUT2D eigenvalue weighted by Crippen LogP contribution is -2.28. The van der Waals surface area contributed by atoms with Gasteiger partial charge < -0.3 is 9.64 Å². The van der Waals surface area contributed by atoms with E-state index in [0.29, 0.717) is 35.2 Å². The van der Waals surface area contributed by atoms with Crippen molar-refractivity contribution in [1.82, 2.24) is 24.0 Å². The summed E-state index contributed by atoms with van der Waals surface area (Å²) in [5.74, 6) is 0.0507. The van der Waals surface area contributed by atoms with E-state index in [9.17, 15) is 13.2 Å². The van der Waals surface area contributed by atoms with Crippen molar-refractivity contribution < 1.29 is 17.9 Å². The number of sulfone groups is 1. The first-order valence-electron chi connectivity index (χ1n) is 10.3. The highest BCUT2D eigenvalue weighted by molar-refractivity contribution is 7.90. The van der Waals surface area contributed by atoms with E-state index in [4.69, 9.17) is 4.74 Å². The number of aryl methyl sites for hydroxylation is 1. The summed E-state index contributed by atoms with van der Waals surface area (Å²) >= 11 is 1.16. The highest BCUT2D eigenvalue weighted by Crippen LogP contribution is 2.27. The van der Waals surface area contributed by atoms with Crippen LogP contribution in [-0.4, -0.2) is 70.9 Å². The number of benzene rings is 1. The quantitative estimate of drug-likeness (QED) is 0.410. The molecule has 0 radical (unpaired) electrons. The van der Waals surface area contributed by atoms with Gasteiger partial charge in [0.05, 0.1) is 16.3 Å². The lowest BCUT2D eigenvalue weighted by atomic mass is 10.2. The molecular formula is C21H27N5O4S2. The van der Waals surface area contributed by atoms with Crippen molar-refractivity contribution in [3.63, 3.8) is 0 Å². The fourth-order valence-corrected chi connectivity index (χ4v) is 4.52. The van der Waals surface area contributed by atoms with Gasteiger partial charge in [0.2, 0.25) is 0 Å². The van der Waals surface area contributed by atoms with Crippen molar-refractivity contribution in [3.8, 4) is 22.1 Å². The van der Waals surface area contributed by atoms with Crippen molar-refractivity contribution >= 4 is 27.3 Å². The van der Waals surface area contributed by atoms with E-state index in [1.54, 1.807) is 22.9 Å². The molecule has 2 heterocycles. The molecule has 2 aromatic heterocycles. The zero-order valence-electron chi connectivity index (χ0n) is 18.6. The number of nitrogens with zero attached hydrogens (tertiary/aromatic N) is 5. The summed E-state index contributed by atoms with van der Waals surface area (Å²) in [4.78, 5) is 19.3. The summed E-state index contributed by atoms with van der Waals surface area (Å²) in [5.41, 5.74) is 2.01. The largest absolute Gasteiger partial charge is 0.463 e. The first kappa shape index (κ1) is 24.0. The van der Waals surface area contributed by atoms with Crippen LogP contribution in [0.25, 0.3) is 22.1 Å². The van der Waals surface area contributed by atoms with Crippen molar-refractivity contribution in [3.05, 3.63) is 36.0 Å². The van der Waals surface area contributed by atoms with Crippen LogP contribution in [0.4, 0.5) is 0 Å². The minimum Gasteiger partial charge on any atom is -0.463 e. The second-order valence-corrected chi connectivity index (χ2v) is 10.1. The molecule has 0 fully saturated rings. The molecule has 0 amide bonds. The van der Waals surface area contributed by atoms with Crippen LogP contribution in [0.2, 0.25) is 0 Å². The number of likely N-dealkylation sites (N-methyl/N-ethyl adjacent to an activating group) is 1. The number of rotatable bonds is 10. The zero-order valence-corrected chi connectivity index (χ0v) is 20.2. The Hall–Kier alpha value is -2.63. The molecule has 0 aliphatic rings. The fourth-order valence-electron chi connectivity index (χ4n) is 3.15. The second kappa shape index (κ2) is 10.3. The SMILES string of the molecule is CCN(CC)CCOC(=O)Cn1nc(C)cc1-c1nc(-c2cccc(S(C)(=O)=O)c2)ns1. The molecule has 0 saturated heterocycles. The Morgan fingerprint density at radius 1 is 1.22 bits per heavy atom. The molecule has 0 aliphatic carbocycles. The molecule has 0 spiro atoms. The predicted molar refractivity (Wildman–Crippen MR) is 123 cm³/mol. The molecular weight excluding hydrogens is 450 g/mol. The van der Waals surface area contributed by atoms with Gasteiger partial charge in [-0.1, -0.05) is 26.0 Å². The number of hydrogen-bond acceptors (Lipinski definition) is 9. The first-order chi connectivity index (χ1) is 15.2. The summed E-state index contributed by atoms with van der Waals surface area (Å²) in [6.07, 6.45) is 1.16. The molecule has 3 rings (SSSR count). The molecule has 11 heteroatoms. The molecule has 0 atom stereocenters. The lowest BCUT2D eigenvalue weighted by Gasteiger charge is -2.17. The van der Waals surface area contributed by atoms with Gasteiger partial charge in [0.1, 0.15) is 13.2 Å². The number of esters is 1. The van der Waals surface area contributed by atoms with Gasteiger partial charge in [0, 0.05) is 18.4 Å². The van der Waals surface area contributed by atoms with Crippen LogP contribution in [0.15, 0.2) is 35.2 Å². The molecule has 32 heavy (non-hydrogen) atoms. The average molecular weight is 478 g/mol. The fraction of sp³-hybridized carbons (Fsp3) is 0.429. The molecule has 3 aromatic rings. The molecule has 172 valence electrons. The van der Waals surface area contributed by atoms with Crippen LogP contribution in [0, 0.1) is 6.92 Å². The molecule has 9 nitrogen and oxygen atoms in total. The highest BCUT2D eigenvalue weighted by Gasteiger charge is 2.18. The van der Waals surface area contributed by atoms with E-state index in [0.717, 1.165) is 36.6 Å². The third-order valence-electron chi connectivity index (χ3n) is 4.91. The predicted octanol–water partition coefficient (Wildman–Crippen LogP) is 2.67. The van der Waals surface area contributed by atoms with E-state index in [1.807, 2.05) is 13.0 Å². The summed E-state index contributed by atoms with van der Waals surface area (Å²) in [5, 5.41) is 4.98. The Balaban J connectivity index is 1.75. The van der Waals surface area contributed by atoms with Crippen molar-refractivity contribution in [2.24, 2.45) is 0 Å². The van der Waals surface area contributed by atoms with Gasteiger partial charge in [0.25, 0.3) is 0 Å². The minimum absolute atomic E-state index is 0.0279. The summed E-state index contributed by atoms with van der Waals surface area (Å²) in [6, 6.07) is 8.35. The van der Waals surface area contributed by atoms with E-state index in [-0.39, 0.29) is 17.4 Å². The van der Waals surface area contributed by atoms with Gasteiger partial charge in [-0.05, 0) is 49.7 Å². The Bertz CT molecular complexity index is 1180. The Morgan fingerprint density at radius 2 is 1.97 bits per heavy atom. The van der Waals surface area contributed by atoms with Crippen LogP contribution in [0.1, 0.15) is 19.5 Å². The molecule has 0 bridgehead atoms. The smallest absolute Gasteiger partial charge is 0.327 e. The number of carbonyl (C=O) groups is 1. The first-order valence-corrected chi connectivity index (χ1v) is 12.9. The van der Waals surface area contributed by atoms with Gasteiger partial charge >= 0.3 is 5.97 Å². The maximum Gasteiger partial charge on any atom is 0.327 e. The maximum atomic E-state index is 12.3. The van der Waals surface area contributed by atoms with Gasteiger partial charge in [-0.3, -0.25) is 9.48 Å². The van der Waals surface area contributed by atoms with Crippen molar-refractivity contribution in [2.75, 3.05) is 32.5 Å². The van der Waals surface area contributed by atoms with Crippen LogP contribution >= 0.6 is 11.5 Å². The normalized spacial score (nSPS) is 11.8. The van der Waals surface area contributed by atoms with Gasteiger partial charge in [0.15, 0.2) is 20.7 Å². The monoisotopic (exact) mass is 477 g/mol.